The molecule has 1 atom stereocenters. The minimum Gasteiger partial charge on any atom is -0.496 e. The lowest BCUT2D eigenvalue weighted by molar-refractivity contribution is 0.0118. The van der Waals surface area contributed by atoms with Gasteiger partial charge in [-0.3, -0.25) is 5.10 Å². The molecule has 0 unspecified atom stereocenters. The largest absolute Gasteiger partial charge is 0.496 e. The Balaban J connectivity index is 1.82. The van der Waals surface area contributed by atoms with Crippen molar-refractivity contribution in [1.29, 1.82) is 0 Å². The zero-order chi connectivity index (χ0) is 17.1. The molecule has 128 valence electrons. The fourth-order valence-electron chi connectivity index (χ4n) is 2.80. The Morgan fingerprint density at radius 2 is 2.29 bits per heavy atom. The van der Waals surface area contributed by atoms with Crippen LogP contribution in [0, 0.1) is 13.8 Å². The number of hydrogen-bond donors (Lipinski definition) is 2. The van der Waals surface area contributed by atoms with Gasteiger partial charge < -0.3 is 19.7 Å². The molecule has 1 fully saturated rings. The molecule has 2 amide bonds. The average Bonchev–Trinajstić information content (AvgIpc) is 3.12. The van der Waals surface area contributed by atoms with Gasteiger partial charge in [0.15, 0.2) is 0 Å². The average molecular weight is 331 g/mol. The van der Waals surface area contributed by atoms with Crippen molar-refractivity contribution in [2.45, 2.75) is 19.9 Å². The normalized spacial score (nSPS) is 17.6. The Morgan fingerprint density at radius 1 is 1.46 bits per heavy atom. The van der Waals surface area contributed by atoms with Gasteiger partial charge in [0.05, 0.1) is 20.3 Å². The lowest BCUT2D eigenvalue weighted by Gasteiger charge is -2.34. The summed E-state index contributed by atoms with van der Waals surface area (Å²) in [6.45, 7) is 5.25. The number of carbonyl (C=O) groups excluding carboxylic acids is 1. The highest BCUT2D eigenvalue weighted by molar-refractivity contribution is 5.91. The molecule has 0 saturated carbocycles. The van der Waals surface area contributed by atoms with Crippen molar-refractivity contribution in [3.63, 3.8) is 0 Å². The first-order valence-electron chi connectivity index (χ1n) is 7.76. The minimum absolute atomic E-state index is 0.199. The summed E-state index contributed by atoms with van der Waals surface area (Å²) in [5, 5.41) is 9.65. The van der Waals surface area contributed by atoms with Crippen molar-refractivity contribution in [2.75, 3.05) is 32.2 Å². The molecule has 1 aliphatic rings. The smallest absolute Gasteiger partial charge is 0.322 e. The molecule has 1 saturated heterocycles. The van der Waals surface area contributed by atoms with Crippen LogP contribution in [0.25, 0.3) is 0 Å². The molecule has 2 aromatic rings. The van der Waals surface area contributed by atoms with Gasteiger partial charge >= 0.3 is 6.03 Å². The molecule has 2 N–H and O–H groups in total. The zero-order valence-electron chi connectivity index (χ0n) is 14.0. The monoisotopic (exact) mass is 331 g/mol. The predicted molar refractivity (Wildman–Crippen MR) is 88.1 cm³/mol. The number of aromatic amines is 1. The van der Waals surface area contributed by atoms with E-state index in [0.717, 1.165) is 22.6 Å². The Morgan fingerprint density at radius 3 is 3.00 bits per heavy atom. The highest BCUT2D eigenvalue weighted by Crippen LogP contribution is 2.29. The summed E-state index contributed by atoms with van der Waals surface area (Å²) in [5.74, 6) is 1.36. The topological polar surface area (TPSA) is 92.4 Å². The van der Waals surface area contributed by atoms with Crippen LogP contribution in [-0.4, -0.2) is 53.0 Å². The first-order valence-corrected chi connectivity index (χ1v) is 7.76. The van der Waals surface area contributed by atoms with Crippen molar-refractivity contribution < 1.29 is 14.3 Å². The van der Waals surface area contributed by atoms with E-state index >= 15 is 0 Å². The Kier molecular flexibility index (Phi) is 4.66. The van der Waals surface area contributed by atoms with E-state index in [9.17, 15) is 4.79 Å². The number of aryl methyl sites for hydroxylation is 1. The van der Waals surface area contributed by atoms with Crippen molar-refractivity contribution in [2.24, 2.45) is 0 Å². The molecular weight excluding hydrogens is 310 g/mol. The van der Waals surface area contributed by atoms with Crippen LogP contribution in [-0.2, 0) is 4.74 Å². The third-order valence-electron chi connectivity index (χ3n) is 4.10. The van der Waals surface area contributed by atoms with Gasteiger partial charge in [-0.2, -0.15) is 5.10 Å². The van der Waals surface area contributed by atoms with Crippen LogP contribution in [0.4, 0.5) is 10.5 Å². The van der Waals surface area contributed by atoms with E-state index in [-0.39, 0.29) is 12.1 Å². The first kappa shape index (κ1) is 16.3. The van der Waals surface area contributed by atoms with Gasteiger partial charge in [-0.25, -0.2) is 9.78 Å². The Bertz CT molecular complexity index is 717. The molecule has 8 heteroatoms. The highest BCUT2D eigenvalue weighted by atomic mass is 16.5. The molecule has 2 heterocycles. The van der Waals surface area contributed by atoms with Gasteiger partial charge in [0.2, 0.25) is 0 Å². The summed E-state index contributed by atoms with van der Waals surface area (Å²) in [5.41, 5.74) is 2.64. The number of H-pyrrole nitrogens is 1. The number of aromatic nitrogens is 3. The standard InChI is InChI=1S/C16H21N5O3/c1-10-6-12(11(2)14(7-10)23-3)19-16(22)21-4-5-24-8-13(21)15-17-9-18-20-15/h6-7,9,13H,4-5,8H2,1-3H3,(H,19,22)(H,17,18,20)/t13-/m0/s1. The lowest BCUT2D eigenvalue weighted by Crippen LogP contribution is -2.46. The molecule has 0 bridgehead atoms. The maximum absolute atomic E-state index is 12.8. The maximum Gasteiger partial charge on any atom is 0.322 e. The van der Waals surface area contributed by atoms with Gasteiger partial charge in [0.1, 0.15) is 23.9 Å². The second-order valence-electron chi connectivity index (χ2n) is 5.72. The van der Waals surface area contributed by atoms with E-state index < -0.39 is 0 Å². The minimum atomic E-state index is -0.284. The molecule has 24 heavy (non-hydrogen) atoms. The first-order chi connectivity index (χ1) is 11.6. The number of benzene rings is 1. The molecule has 8 nitrogen and oxygen atoms in total. The third kappa shape index (κ3) is 3.18. The number of morpholine rings is 1. The van der Waals surface area contributed by atoms with Crippen LogP contribution in [0.3, 0.4) is 0 Å². The number of hydrogen-bond acceptors (Lipinski definition) is 5. The number of rotatable bonds is 3. The van der Waals surface area contributed by atoms with Crippen LogP contribution in [0.2, 0.25) is 0 Å². The number of nitrogens with one attached hydrogen (secondary N) is 2. The van der Waals surface area contributed by atoms with E-state index in [1.165, 1.54) is 6.33 Å². The molecular formula is C16H21N5O3. The molecule has 1 aromatic carbocycles. The Hall–Kier alpha value is -2.61. The van der Waals surface area contributed by atoms with E-state index in [1.54, 1.807) is 12.0 Å². The van der Waals surface area contributed by atoms with E-state index in [2.05, 4.69) is 20.5 Å². The molecule has 1 aliphatic heterocycles. The summed E-state index contributed by atoms with van der Waals surface area (Å²) in [6, 6.07) is 3.39. The van der Waals surface area contributed by atoms with E-state index in [4.69, 9.17) is 9.47 Å². The van der Waals surface area contributed by atoms with Crippen LogP contribution in [0.15, 0.2) is 18.5 Å². The van der Waals surface area contributed by atoms with Crippen molar-refractivity contribution in [3.8, 4) is 5.75 Å². The van der Waals surface area contributed by atoms with Crippen molar-refractivity contribution >= 4 is 11.7 Å². The molecule has 3 rings (SSSR count). The zero-order valence-corrected chi connectivity index (χ0v) is 14.0. The number of anilines is 1. The summed E-state index contributed by atoms with van der Waals surface area (Å²) in [4.78, 5) is 18.6. The molecule has 1 aromatic heterocycles. The fraction of sp³-hybridized carbons (Fsp3) is 0.438. The second kappa shape index (κ2) is 6.88. The summed E-state index contributed by atoms with van der Waals surface area (Å²) >= 11 is 0. The lowest BCUT2D eigenvalue weighted by atomic mass is 10.1. The SMILES string of the molecule is COc1cc(C)cc(NC(=O)N2CCOC[C@H]2c2ncn[nH]2)c1C. The van der Waals surface area contributed by atoms with Gasteiger partial charge in [-0.1, -0.05) is 0 Å². The van der Waals surface area contributed by atoms with Crippen LogP contribution < -0.4 is 10.1 Å². The second-order valence-corrected chi connectivity index (χ2v) is 5.72. The van der Waals surface area contributed by atoms with E-state index in [1.807, 2.05) is 26.0 Å². The number of amides is 2. The Labute approximate surface area is 140 Å². The molecule has 0 radical (unpaired) electrons. The maximum atomic E-state index is 12.8. The van der Waals surface area contributed by atoms with Crippen LogP contribution >= 0.6 is 0 Å². The number of ether oxygens (including phenoxy) is 2. The third-order valence-corrected chi connectivity index (χ3v) is 4.10. The summed E-state index contributed by atoms with van der Waals surface area (Å²) in [6.07, 6.45) is 1.43. The summed E-state index contributed by atoms with van der Waals surface area (Å²) in [7, 11) is 1.62. The van der Waals surface area contributed by atoms with Crippen LogP contribution in [0.5, 0.6) is 5.75 Å². The van der Waals surface area contributed by atoms with Crippen LogP contribution in [0.1, 0.15) is 23.0 Å². The quantitative estimate of drug-likeness (QED) is 0.898. The number of nitrogens with zero attached hydrogens (tertiary/aromatic N) is 3. The van der Waals surface area contributed by atoms with Gasteiger partial charge in [-0.15, -0.1) is 0 Å². The van der Waals surface area contributed by atoms with E-state index in [0.29, 0.717) is 25.6 Å². The number of methoxy groups -OCH3 is 1. The fourth-order valence-corrected chi connectivity index (χ4v) is 2.80. The van der Waals surface area contributed by atoms with Gasteiger partial charge in [0, 0.05) is 17.8 Å². The van der Waals surface area contributed by atoms with Crippen molar-refractivity contribution in [1.82, 2.24) is 20.1 Å². The predicted octanol–water partition coefficient (Wildman–Crippen LogP) is 2.04. The van der Waals surface area contributed by atoms with Crippen molar-refractivity contribution in [3.05, 3.63) is 35.4 Å². The number of carbonyl (C=O) groups is 1. The molecule has 0 spiro atoms. The summed E-state index contributed by atoms with van der Waals surface area (Å²) < 4.78 is 10.9. The number of urea groups is 1. The van der Waals surface area contributed by atoms with Gasteiger partial charge in [-0.05, 0) is 31.5 Å². The highest BCUT2D eigenvalue weighted by Gasteiger charge is 2.31. The molecule has 0 aliphatic carbocycles. The van der Waals surface area contributed by atoms with Gasteiger partial charge in [0.25, 0.3) is 0 Å².